The number of hydrogen-bond donors (Lipinski definition) is 0. The maximum atomic E-state index is 11.7. The number of esters is 1. The van der Waals surface area contributed by atoms with Gasteiger partial charge in [0.05, 0.1) is 25.7 Å². The second-order valence-corrected chi connectivity index (χ2v) is 5.22. The molecule has 3 unspecified atom stereocenters. The molecular formula is C13H20O4. The topological polar surface area (TPSA) is 44.8 Å². The van der Waals surface area contributed by atoms with Crippen LogP contribution in [0.1, 0.15) is 26.7 Å². The Morgan fingerprint density at radius 2 is 2.24 bits per heavy atom. The van der Waals surface area contributed by atoms with Gasteiger partial charge in [-0.15, -0.1) is 0 Å². The summed E-state index contributed by atoms with van der Waals surface area (Å²) in [5.41, 5.74) is 1.08. The van der Waals surface area contributed by atoms with Crippen LogP contribution in [0.3, 0.4) is 0 Å². The SMILES string of the molecule is C=C1CCC(C(=O)OC)C1C1COC(C)(C)O1. The van der Waals surface area contributed by atoms with E-state index in [0.29, 0.717) is 6.61 Å². The van der Waals surface area contributed by atoms with Crippen molar-refractivity contribution in [3.05, 3.63) is 12.2 Å². The van der Waals surface area contributed by atoms with Gasteiger partial charge >= 0.3 is 5.97 Å². The van der Waals surface area contributed by atoms with Crippen molar-refractivity contribution in [2.45, 2.75) is 38.6 Å². The molecular weight excluding hydrogens is 220 g/mol. The summed E-state index contributed by atoms with van der Waals surface area (Å²) in [4.78, 5) is 11.7. The number of rotatable bonds is 2. The summed E-state index contributed by atoms with van der Waals surface area (Å²) in [5.74, 6) is -0.824. The first-order chi connectivity index (χ1) is 7.94. The standard InChI is InChI=1S/C13H20O4/c1-8-5-6-9(12(14)15-4)11(8)10-7-16-13(2,3)17-10/h9-11H,1,5-7H2,2-4H3. The van der Waals surface area contributed by atoms with Crippen LogP contribution in [0.25, 0.3) is 0 Å². The van der Waals surface area contributed by atoms with Gasteiger partial charge in [0.2, 0.25) is 0 Å². The van der Waals surface area contributed by atoms with Crippen LogP contribution in [-0.4, -0.2) is 31.6 Å². The fourth-order valence-electron chi connectivity index (χ4n) is 2.80. The minimum absolute atomic E-state index is 0.0317. The fourth-order valence-corrected chi connectivity index (χ4v) is 2.80. The van der Waals surface area contributed by atoms with Crippen molar-refractivity contribution >= 4 is 5.97 Å². The highest BCUT2D eigenvalue weighted by molar-refractivity contribution is 5.74. The molecule has 2 fully saturated rings. The Labute approximate surface area is 102 Å². The molecule has 0 amide bonds. The van der Waals surface area contributed by atoms with Gasteiger partial charge in [-0.2, -0.15) is 0 Å². The quantitative estimate of drug-likeness (QED) is 0.546. The predicted molar refractivity (Wildman–Crippen MR) is 62.3 cm³/mol. The van der Waals surface area contributed by atoms with Crippen LogP contribution in [0.2, 0.25) is 0 Å². The second kappa shape index (κ2) is 4.42. The molecule has 1 aliphatic heterocycles. The van der Waals surface area contributed by atoms with E-state index in [1.807, 2.05) is 13.8 Å². The van der Waals surface area contributed by atoms with Crippen LogP contribution in [0, 0.1) is 11.8 Å². The van der Waals surface area contributed by atoms with Gasteiger partial charge in [-0.05, 0) is 26.7 Å². The minimum Gasteiger partial charge on any atom is -0.469 e. The van der Waals surface area contributed by atoms with Gasteiger partial charge in [0, 0.05) is 5.92 Å². The fraction of sp³-hybridized carbons (Fsp3) is 0.769. The number of ether oxygens (including phenoxy) is 3. The third-order valence-electron chi connectivity index (χ3n) is 3.62. The molecule has 0 aromatic heterocycles. The normalized spacial score (nSPS) is 36.2. The van der Waals surface area contributed by atoms with Crippen LogP contribution < -0.4 is 0 Å². The predicted octanol–water partition coefficient (Wildman–Crippen LogP) is 1.89. The number of carbonyl (C=O) groups is 1. The first-order valence-corrected chi connectivity index (χ1v) is 6.02. The van der Waals surface area contributed by atoms with Crippen molar-refractivity contribution in [1.29, 1.82) is 0 Å². The van der Waals surface area contributed by atoms with Crippen molar-refractivity contribution in [2.75, 3.05) is 13.7 Å². The lowest BCUT2D eigenvalue weighted by molar-refractivity contribution is -0.155. The third-order valence-corrected chi connectivity index (χ3v) is 3.62. The van der Waals surface area contributed by atoms with Gasteiger partial charge < -0.3 is 14.2 Å². The lowest BCUT2D eigenvalue weighted by Gasteiger charge is -2.25. The molecule has 3 atom stereocenters. The molecule has 2 rings (SSSR count). The Bertz CT molecular complexity index is 334. The van der Waals surface area contributed by atoms with E-state index in [1.165, 1.54) is 7.11 Å². The molecule has 1 saturated carbocycles. The van der Waals surface area contributed by atoms with E-state index in [0.717, 1.165) is 18.4 Å². The van der Waals surface area contributed by atoms with Crippen LogP contribution >= 0.6 is 0 Å². The first kappa shape index (κ1) is 12.6. The molecule has 0 aromatic rings. The van der Waals surface area contributed by atoms with E-state index in [1.54, 1.807) is 0 Å². The molecule has 1 saturated heterocycles. The molecule has 0 spiro atoms. The lowest BCUT2D eigenvalue weighted by atomic mass is 9.89. The number of carbonyl (C=O) groups excluding carboxylic acids is 1. The maximum Gasteiger partial charge on any atom is 0.309 e. The average molecular weight is 240 g/mol. The van der Waals surface area contributed by atoms with Crippen LogP contribution in [0.15, 0.2) is 12.2 Å². The highest BCUT2D eigenvalue weighted by atomic mass is 16.7. The Balaban J connectivity index is 2.12. The molecule has 0 radical (unpaired) electrons. The van der Waals surface area contributed by atoms with Gasteiger partial charge in [-0.1, -0.05) is 12.2 Å². The number of methoxy groups -OCH3 is 1. The summed E-state index contributed by atoms with van der Waals surface area (Å²) in [6.45, 7) is 8.34. The Morgan fingerprint density at radius 3 is 2.76 bits per heavy atom. The summed E-state index contributed by atoms with van der Waals surface area (Å²) >= 11 is 0. The summed E-state index contributed by atoms with van der Waals surface area (Å²) in [6, 6.07) is 0. The maximum absolute atomic E-state index is 11.7. The van der Waals surface area contributed by atoms with Crippen molar-refractivity contribution in [1.82, 2.24) is 0 Å². The van der Waals surface area contributed by atoms with E-state index in [4.69, 9.17) is 14.2 Å². The molecule has 96 valence electrons. The van der Waals surface area contributed by atoms with Gasteiger partial charge in [0.25, 0.3) is 0 Å². The highest BCUT2D eigenvalue weighted by Gasteiger charge is 2.46. The summed E-state index contributed by atoms with van der Waals surface area (Å²) in [7, 11) is 1.43. The van der Waals surface area contributed by atoms with Gasteiger partial charge in [-0.25, -0.2) is 0 Å². The van der Waals surface area contributed by atoms with Gasteiger partial charge in [-0.3, -0.25) is 4.79 Å². The van der Waals surface area contributed by atoms with Crippen LogP contribution in [-0.2, 0) is 19.0 Å². The van der Waals surface area contributed by atoms with E-state index in [2.05, 4.69) is 6.58 Å². The molecule has 4 heteroatoms. The van der Waals surface area contributed by atoms with E-state index >= 15 is 0 Å². The molecule has 2 aliphatic rings. The molecule has 1 aliphatic carbocycles. The lowest BCUT2D eigenvalue weighted by Crippen LogP contribution is -2.33. The minimum atomic E-state index is -0.561. The summed E-state index contributed by atoms with van der Waals surface area (Å²) in [5, 5.41) is 0. The average Bonchev–Trinajstić information content (AvgIpc) is 2.80. The molecule has 1 heterocycles. The molecule has 4 nitrogen and oxygen atoms in total. The van der Waals surface area contributed by atoms with Gasteiger partial charge in [0.15, 0.2) is 5.79 Å². The highest BCUT2D eigenvalue weighted by Crippen LogP contribution is 2.42. The van der Waals surface area contributed by atoms with Crippen molar-refractivity contribution in [2.24, 2.45) is 11.8 Å². The summed E-state index contributed by atoms with van der Waals surface area (Å²) < 4.78 is 16.2. The van der Waals surface area contributed by atoms with Crippen LogP contribution in [0.4, 0.5) is 0 Å². The molecule has 0 bridgehead atoms. The smallest absolute Gasteiger partial charge is 0.309 e. The largest absolute Gasteiger partial charge is 0.469 e. The van der Waals surface area contributed by atoms with Crippen molar-refractivity contribution in [3.8, 4) is 0 Å². The Morgan fingerprint density at radius 1 is 1.53 bits per heavy atom. The van der Waals surface area contributed by atoms with E-state index in [9.17, 15) is 4.79 Å². The van der Waals surface area contributed by atoms with Crippen LogP contribution in [0.5, 0.6) is 0 Å². The Kier molecular flexibility index (Phi) is 3.27. The second-order valence-electron chi connectivity index (χ2n) is 5.22. The van der Waals surface area contributed by atoms with Crippen molar-refractivity contribution in [3.63, 3.8) is 0 Å². The molecule has 17 heavy (non-hydrogen) atoms. The third kappa shape index (κ3) is 2.38. The first-order valence-electron chi connectivity index (χ1n) is 6.02. The van der Waals surface area contributed by atoms with E-state index < -0.39 is 5.79 Å². The Hall–Kier alpha value is -0.870. The van der Waals surface area contributed by atoms with E-state index in [-0.39, 0.29) is 23.9 Å². The number of hydrogen-bond acceptors (Lipinski definition) is 4. The van der Waals surface area contributed by atoms with Gasteiger partial charge in [0.1, 0.15) is 0 Å². The van der Waals surface area contributed by atoms with Crippen molar-refractivity contribution < 1.29 is 19.0 Å². The monoisotopic (exact) mass is 240 g/mol. The zero-order chi connectivity index (χ0) is 12.6. The zero-order valence-corrected chi connectivity index (χ0v) is 10.7. The molecule has 0 N–H and O–H groups in total. The summed E-state index contributed by atoms with van der Waals surface area (Å²) in [6.07, 6.45) is 1.59. The zero-order valence-electron chi connectivity index (χ0n) is 10.7. The molecule has 0 aromatic carbocycles.